The molecule has 1 fully saturated rings. The Morgan fingerprint density at radius 3 is 2.88 bits per heavy atom. The van der Waals surface area contributed by atoms with Crippen LogP contribution in [0.1, 0.15) is 24.6 Å². The van der Waals surface area contributed by atoms with Gasteiger partial charge in [0.15, 0.2) is 0 Å². The zero-order valence-electron chi connectivity index (χ0n) is 9.93. The molecular formula is C11H18N4O2. The SMILES string of the molecule is COc1cc(C(NN)C2CCOCC2)ncn1. The minimum absolute atomic E-state index is 0.0239. The maximum absolute atomic E-state index is 5.64. The summed E-state index contributed by atoms with van der Waals surface area (Å²) < 4.78 is 10.4. The average Bonchev–Trinajstić information content (AvgIpc) is 2.41. The van der Waals surface area contributed by atoms with Crippen LogP contribution in [0.15, 0.2) is 12.4 Å². The fourth-order valence-electron chi connectivity index (χ4n) is 2.15. The number of methoxy groups -OCH3 is 1. The molecular weight excluding hydrogens is 220 g/mol. The van der Waals surface area contributed by atoms with Gasteiger partial charge >= 0.3 is 0 Å². The summed E-state index contributed by atoms with van der Waals surface area (Å²) in [6, 6.07) is 1.84. The van der Waals surface area contributed by atoms with Gasteiger partial charge in [0.2, 0.25) is 5.88 Å². The van der Waals surface area contributed by atoms with Crippen LogP contribution in [0.5, 0.6) is 5.88 Å². The summed E-state index contributed by atoms with van der Waals surface area (Å²) in [5, 5.41) is 0. The lowest BCUT2D eigenvalue weighted by Crippen LogP contribution is -2.36. The molecule has 6 nitrogen and oxygen atoms in total. The van der Waals surface area contributed by atoms with E-state index < -0.39 is 0 Å². The molecule has 1 aliphatic rings. The standard InChI is InChI=1S/C11H18N4O2/c1-16-10-6-9(13-7-14-10)11(15-12)8-2-4-17-5-3-8/h6-8,11,15H,2-5,12H2,1H3. The molecule has 1 unspecified atom stereocenters. The van der Waals surface area contributed by atoms with E-state index in [0.29, 0.717) is 11.8 Å². The van der Waals surface area contributed by atoms with Crippen LogP contribution in [0.4, 0.5) is 0 Å². The molecule has 1 atom stereocenters. The summed E-state index contributed by atoms with van der Waals surface area (Å²) in [5.41, 5.74) is 3.70. The van der Waals surface area contributed by atoms with Gasteiger partial charge in [-0.2, -0.15) is 0 Å². The Labute approximate surface area is 101 Å². The summed E-state index contributed by atoms with van der Waals surface area (Å²) in [7, 11) is 1.59. The Morgan fingerprint density at radius 2 is 2.24 bits per heavy atom. The maximum Gasteiger partial charge on any atom is 0.216 e. The highest BCUT2D eigenvalue weighted by Crippen LogP contribution is 2.29. The lowest BCUT2D eigenvalue weighted by atomic mass is 9.90. The van der Waals surface area contributed by atoms with Gasteiger partial charge in [-0.15, -0.1) is 0 Å². The third-order valence-electron chi connectivity index (χ3n) is 3.11. The highest BCUT2D eigenvalue weighted by atomic mass is 16.5. The van der Waals surface area contributed by atoms with Crippen LogP contribution in [0.2, 0.25) is 0 Å². The van der Waals surface area contributed by atoms with Crippen LogP contribution < -0.4 is 16.0 Å². The van der Waals surface area contributed by atoms with Gasteiger partial charge in [0.25, 0.3) is 0 Å². The predicted octanol–water partition coefficient (Wildman–Crippen LogP) is 0.416. The third-order valence-corrected chi connectivity index (χ3v) is 3.11. The number of nitrogens with one attached hydrogen (secondary N) is 1. The van der Waals surface area contributed by atoms with Gasteiger partial charge in [-0.05, 0) is 18.8 Å². The van der Waals surface area contributed by atoms with Crippen LogP contribution in [-0.4, -0.2) is 30.3 Å². The Morgan fingerprint density at radius 1 is 1.47 bits per heavy atom. The molecule has 0 spiro atoms. The second kappa shape index (κ2) is 5.90. The molecule has 2 rings (SSSR count). The summed E-state index contributed by atoms with van der Waals surface area (Å²) in [5.74, 6) is 6.63. The van der Waals surface area contributed by atoms with Crippen LogP contribution in [0.25, 0.3) is 0 Å². The number of aromatic nitrogens is 2. The quantitative estimate of drug-likeness (QED) is 0.584. The van der Waals surface area contributed by atoms with E-state index in [-0.39, 0.29) is 6.04 Å². The van der Waals surface area contributed by atoms with Gasteiger partial charge in [0, 0.05) is 19.3 Å². The Hall–Kier alpha value is -1.24. The minimum atomic E-state index is 0.0239. The maximum atomic E-state index is 5.64. The van der Waals surface area contributed by atoms with Gasteiger partial charge in [-0.25, -0.2) is 9.97 Å². The molecule has 1 aromatic heterocycles. The van der Waals surface area contributed by atoms with E-state index in [9.17, 15) is 0 Å². The molecule has 1 saturated heterocycles. The molecule has 3 N–H and O–H groups in total. The molecule has 1 aromatic rings. The molecule has 2 heterocycles. The van der Waals surface area contributed by atoms with Gasteiger partial charge in [0.05, 0.1) is 18.8 Å². The van der Waals surface area contributed by atoms with Crippen molar-refractivity contribution >= 4 is 0 Å². The lowest BCUT2D eigenvalue weighted by molar-refractivity contribution is 0.0530. The van der Waals surface area contributed by atoms with E-state index in [1.807, 2.05) is 6.07 Å². The predicted molar refractivity (Wildman–Crippen MR) is 62.2 cm³/mol. The lowest BCUT2D eigenvalue weighted by Gasteiger charge is -2.29. The molecule has 0 bridgehead atoms. The number of hydrazine groups is 1. The van der Waals surface area contributed by atoms with Crippen LogP contribution >= 0.6 is 0 Å². The average molecular weight is 238 g/mol. The molecule has 1 aliphatic heterocycles. The number of ether oxygens (including phenoxy) is 2. The van der Waals surface area contributed by atoms with Gasteiger partial charge in [0.1, 0.15) is 6.33 Å². The Bertz CT molecular complexity index is 355. The van der Waals surface area contributed by atoms with Gasteiger partial charge in [-0.3, -0.25) is 11.3 Å². The van der Waals surface area contributed by atoms with Crippen molar-refractivity contribution in [2.24, 2.45) is 11.8 Å². The van der Waals surface area contributed by atoms with E-state index >= 15 is 0 Å². The van der Waals surface area contributed by atoms with Crippen molar-refractivity contribution < 1.29 is 9.47 Å². The topological polar surface area (TPSA) is 82.3 Å². The molecule has 17 heavy (non-hydrogen) atoms. The zero-order chi connectivity index (χ0) is 12.1. The first-order chi connectivity index (χ1) is 8.35. The summed E-state index contributed by atoms with van der Waals surface area (Å²) >= 11 is 0. The number of rotatable bonds is 4. The van der Waals surface area contributed by atoms with Crippen molar-refractivity contribution in [3.63, 3.8) is 0 Å². The van der Waals surface area contributed by atoms with Crippen molar-refractivity contribution in [3.05, 3.63) is 18.1 Å². The second-order valence-electron chi connectivity index (χ2n) is 4.08. The second-order valence-corrected chi connectivity index (χ2v) is 4.08. The van der Waals surface area contributed by atoms with Crippen molar-refractivity contribution in [2.45, 2.75) is 18.9 Å². The number of nitrogens with two attached hydrogens (primary N) is 1. The fourth-order valence-corrected chi connectivity index (χ4v) is 2.15. The van der Waals surface area contributed by atoms with Crippen LogP contribution in [-0.2, 0) is 4.74 Å². The molecule has 0 amide bonds. The van der Waals surface area contributed by atoms with Gasteiger partial charge < -0.3 is 9.47 Å². The first-order valence-electron chi connectivity index (χ1n) is 5.75. The molecule has 6 heteroatoms. The minimum Gasteiger partial charge on any atom is -0.481 e. The van der Waals surface area contributed by atoms with E-state index in [1.54, 1.807) is 7.11 Å². The van der Waals surface area contributed by atoms with E-state index in [2.05, 4.69) is 15.4 Å². The van der Waals surface area contributed by atoms with Gasteiger partial charge in [-0.1, -0.05) is 0 Å². The fraction of sp³-hybridized carbons (Fsp3) is 0.636. The monoisotopic (exact) mass is 238 g/mol. The van der Waals surface area contributed by atoms with E-state index in [0.717, 1.165) is 31.7 Å². The van der Waals surface area contributed by atoms with Crippen LogP contribution in [0, 0.1) is 5.92 Å². The molecule has 0 saturated carbocycles. The van der Waals surface area contributed by atoms with E-state index in [1.165, 1.54) is 6.33 Å². The van der Waals surface area contributed by atoms with Crippen molar-refractivity contribution in [1.29, 1.82) is 0 Å². The third kappa shape index (κ3) is 2.91. The summed E-state index contributed by atoms with van der Waals surface area (Å²) in [4.78, 5) is 8.25. The highest BCUT2D eigenvalue weighted by molar-refractivity contribution is 5.17. The number of hydrogen-bond acceptors (Lipinski definition) is 6. The highest BCUT2D eigenvalue weighted by Gasteiger charge is 2.25. The summed E-state index contributed by atoms with van der Waals surface area (Å²) in [6.07, 6.45) is 3.47. The Balaban J connectivity index is 2.15. The normalized spacial score (nSPS) is 18.9. The smallest absolute Gasteiger partial charge is 0.216 e. The molecule has 94 valence electrons. The zero-order valence-corrected chi connectivity index (χ0v) is 9.93. The largest absolute Gasteiger partial charge is 0.481 e. The number of nitrogens with zero attached hydrogens (tertiary/aromatic N) is 2. The molecule has 0 radical (unpaired) electrons. The number of hydrogen-bond donors (Lipinski definition) is 2. The first kappa shape index (κ1) is 12.2. The molecule has 0 aromatic carbocycles. The molecule has 0 aliphatic carbocycles. The van der Waals surface area contributed by atoms with E-state index in [4.69, 9.17) is 15.3 Å². The van der Waals surface area contributed by atoms with Crippen molar-refractivity contribution in [2.75, 3.05) is 20.3 Å². The van der Waals surface area contributed by atoms with Crippen molar-refractivity contribution in [1.82, 2.24) is 15.4 Å². The summed E-state index contributed by atoms with van der Waals surface area (Å²) in [6.45, 7) is 1.57. The first-order valence-corrected chi connectivity index (χ1v) is 5.75. The van der Waals surface area contributed by atoms with Crippen LogP contribution in [0.3, 0.4) is 0 Å². The Kier molecular flexibility index (Phi) is 4.24. The van der Waals surface area contributed by atoms with Crippen molar-refractivity contribution in [3.8, 4) is 5.88 Å².